The number of hydrogen-bond donors (Lipinski definition) is 0. The third kappa shape index (κ3) is 3.42. The molecule has 2 fully saturated rings. The van der Waals surface area contributed by atoms with Crippen molar-refractivity contribution < 1.29 is 18.9 Å². The molecule has 0 saturated carbocycles. The average Bonchev–Trinajstić information content (AvgIpc) is 2.85. The Morgan fingerprint density at radius 2 is 0.871 bits per heavy atom. The summed E-state index contributed by atoms with van der Waals surface area (Å²) in [6.45, 7) is 2.18. The number of rotatable bonds is 2. The highest BCUT2D eigenvalue weighted by Gasteiger charge is 2.43. The zero-order valence-electron chi connectivity index (χ0n) is 17.2. The monoisotopic (exact) mass is 412 g/mol. The second-order valence-electron chi connectivity index (χ2n) is 8.54. The summed E-state index contributed by atoms with van der Waals surface area (Å²) < 4.78 is 24.8. The molecule has 4 aromatic carbocycles. The van der Waals surface area contributed by atoms with Crippen molar-refractivity contribution >= 4 is 21.5 Å². The van der Waals surface area contributed by atoms with Crippen LogP contribution in [0.25, 0.3) is 21.5 Å². The first-order chi connectivity index (χ1) is 15.3. The Bertz CT molecular complexity index is 1110. The molecule has 2 saturated heterocycles. The van der Waals surface area contributed by atoms with E-state index in [2.05, 4.69) is 60.7 Å². The maximum absolute atomic E-state index is 6.19. The van der Waals surface area contributed by atoms with Gasteiger partial charge in [0, 0.05) is 11.1 Å². The van der Waals surface area contributed by atoms with Crippen molar-refractivity contribution in [2.45, 2.75) is 12.6 Å². The van der Waals surface area contributed by atoms with Gasteiger partial charge >= 0.3 is 0 Å². The molecule has 1 spiro atoms. The van der Waals surface area contributed by atoms with E-state index >= 15 is 0 Å². The molecule has 4 nitrogen and oxygen atoms in total. The lowest BCUT2D eigenvalue weighted by molar-refractivity contribution is -0.307. The molecule has 156 valence electrons. The van der Waals surface area contributed by atoms with E-state index in [1.54, 1.807) is 0 Å². The molecule has 0 unspecified atom stereocenters. The number of benzene rings is 4. The molecule has 2 heterocycles. The van der Waals surface area contributed by atoms with Gasteiger partial charge in [0.25, 0.3) is 0 Å². The zero-order valence-corrected chi connectivity index (χ0v) is 17.2. The first kappa shape index (κ1) is 19.0. The number of fused-ring (bicyclic) bond motifs is 2. The van der Waals surface area contributed by atoms with Crippen LogP contribution in [0.1, 0.15) is 23.7 Å². The second kappa shape index (κ2) is 7.74. The van der Waals surface area contributed by atoms with E-state index in [-0.39, 0.29) is 18.0 Å². The Kier molecular flexibility index (Phi) is 4.73. The van der Waals surface area contributed by atoms with Gasteiger partial charge < -0.3 is 18.9 Å². The molecule has 2 aliphatic heterocycles. The van der Waals surface area contributed by atoms with Gasteiger partial charge in [-0.15, -0.1) is 0 Å². The molecule has 0 amide bonds. The summed E-state index contributed by atoms with van der Waals surface area (Å²) in [5, 5.41) is 4.71. The van der Waals surface area contributed by atoms with Crippen LogP contribution in [0.2, 0.25) is 0 Å². The van der Waals surface area contributed by atoms with Gasteiger partial charge in [-0.05, 0) is 21.5 Å². The first-order valence-electron chi connectivity index (χ1n) is 10.7. The van der Waals surface area contributed by atoms with Crippen molar-refractivity contribution in [2.24, 2.45) is 5.41 Å². The summed E-state index contributed by atoms with van der Waals surface area (Å²) in [7, 11) is 0. The van der Waals surface area contributed by atoms with E-state index in [1.807, 2.05) is 24.3 Å². The summed E-state index contributed by atoms with van der Waals surface area (Å²) in [6.07, 6.45) is -0.736. The molecule has 31 heavy (non-hydrogen) atoms. The molecule has 4 aromatic rings. The molecule has 6 rings (SSSR count). The van der Waals surface area contributed by atoms with Gasteiger partial charge in [-0.3, -0.25) is 0 Å². The minimum atomic E-state index is -0.368. The summed E-state index contributed by atoms with van der Waals surface area (Å²) in [4.78, 5) is 0. The lowest BCUT2D eigenvalue weighted by atomic mass is 9.90. The maximum atomic E-state index is 6.19. The van der Waals surface area contributed by atoms with Crippen LogP contribution in [0.5, 0.6) is 0 Å². The topological polar surface area (TPSA) is 36.9 Å². The van der Waals surface area contributed by atoms with Crippen molar-refractivity contribution in [2.75, 3.05) is 26.4 Å². The lowest BCUT2D eigenvalue weighted by Gasteiger charge is -2.44. The molecule has 0 atom stereocenters. The summed E-state index contributed by atoms with van der Waals surface area (Å²) in [6, 6.07) is 29.1. The van der Waals surface area contributed by atoms with Crippen molar-refractivity contribution in [1.82, 2.24) is 0 Å². The summed E-state index contributed by atoms with van der Waals surface area (Å²) in [5.41, 5.74) is 1.86. The highest BCUT2D eigenvalue weighted by atomic mass is 16.7. The van der Waals surface area contributed by atoms with Crippen LogP contribution < -0.4 is 0 Å². The van der Waals surface area contributed by atoms with E-state index in [1.165, 1.54) is 10.8 Å². The summed E-state index contributed by atoms with van der Waals surface area (Å²) in [5.74, 6) is 0. The fraction of sp³-hybridized carbons (Fsp3) is 0.259. The van der Waals surface area contributed by atoms with Gasteiger partial charge in [0.15, 0.2) is 12.6 Å². The minimum absolute atomic E-state index is 0.276. The smallest absolute Gasteiger partial charge is 0.184 e. The zero-order chi connectivity index (χ0) is 20.7. The van der Waals surface area contributed by atoms with Crippen LogP contribution in [-0.4, -0.2) is 26.4 Å². The molecule has 0 aliphatic carbocycles. The quantitative estimate of drug-likeness (QED) is 0.419. The molecule has 0 radical (unpaired) electrons. The normalized spacial score (nSPS) is 26.5. The van der Waals surface area contributed by atoms with Gasteiger partial charge in [0.05, 0.1) is 31.8 Å². The Labute approximate surface area is 181 Å². The van der Waals surface area contributed by atoms with Crippen molar-refractivity contribution in [1.29, 1.82) is 0 Å². The van der Waals surface area contributed by atoms with E-state index in [0.717, 1.165) is 21.9 Å². The summed E-state index contributed by atoms with van der Waals surface area (Å²) >= 11 is 0. The van der Waals surface area contributed by atoms with Gasteiger partial charge in [-0.25, -0.2) is 0 Å². The van der Waals surface area contributed by atoms with Crippen LogP contribution in [0.4, 0.5) is 0 Å². The van der Waals surface area contributed by atoms with Crippen molar-refractivity contribution in [3.05, 3.63) is 96.1 Å². The molecular formula is C27H24O4. The Morgan fingerprint density at radius 3 is 1.32 bits per heavy atom. The van der Waals surface area contributed by atoms with E-state index in [9.17, 15) is 0 Å². The number of ether oxygens (including phenoxy) is 4. The molecule has 2 aliphatic rings. The third-order valence-electron chi connectivity index (χ3n) is 6.32. The van der Waals surface area contributed by atoms with E-state index in [0.29, 0.717) is 26.4 Å². The Morgan fingerprint density at radius 1 is 0.484 bits per heavy atom. The SMILES string of the molecule is c1ccc2c(C3OCC4(CO3)COC(c3cccc5ccccc35)OC4)cccc2c1. The van der Waals surface area contributed by atoms with Gasteiger partial charge in [0.2, 0.25) is 0 Å². The molecule has 0 bridgehead atoms. The highest BCUT2D eigenvalue weighted by Crippen LogP contribution is 2.40. The largest absolute Gasteiger partial charge is 0.348 e. The Balaban J connectivity index is 1.16. The fourth-order valence-corrected chi connectivity index (χ4v) is 4.63. The van der Waals surface area contributed by atoms with Crippen LogP contribution >= 0.6 is 0 Å². The van der Waals surface area contributed by atoms with Crippen LogP contribution in [0.15, 0.2) is 84.9 Å². The van der Waals surface area contributed by atoms with Gasteiger partial charge in [0.1, 0.15) is 0 Å². The van der Waals surface area contributed by atoms with Gasteiger partial charge in [-0.1, -0.05) is 84.9 Å². The predicted octanol–water partition coefficient (Wildman–Crippen LogP) is 5.77. The van der Waals surface area contributed by atoms with Gasteiger partial charge in [-0.2, -0.15) is 0 Å². The minimum Gasteiger partial charge on any atom is -0.348 e. The van der Waals surface area contributed by atoms with E-state index < -0.39 is 0 Å². The molecule has 4 heteroatoms. The van der Waals surface area contributed by atoms with Crippen LogP contribution in [0, 0.1) is 5.41 Å². The standard InChI is InChI=1S/C27H24O4/c1-3-11-21-19(7-1)9-5-13-23(21)25-28-15-27(16-29-25)17-30-26(31-18-27)24-14-6-10-20-8-2-4-12-22(20)24/h1-14,25-26H,15-18H2. The maximum Gasteiger partial charge on any atom is 0.184 e. The third-order valence-corrected chi connectivity index (χ3v) is 6.32. The van der Waals surface area contributed by atoms with E-state index in [4.69, 9.17) is 18.9 Å². The average molecular weight is 412 g/mol. The Hall–Kier alpha value is -2.76. The number of hydrogen-bond acceptors (Lipinski definition) is 4. The first-order valence-corrected chi connectivity index (χ1v) is 10.7. The van der Waals surface area contributed by atoms with Crippen LogP contribution in [-0.2, 0) is 18.9 Å². The van der Waals surface area contributed by atoms with Crippen molar-refractivity contribution in [3.63, 3.8) is 0 Å². The highest BCUT2D eigenvalue weighted by molar-refractivity contribution is 5.86. The second-order valence-corrected chi connectivity index (χ2v) is 8.54. The fourth-order valence-electron chi connectivity index (χ4n) is 4.63. The molecule has 0 aromatic heterocycles. The van der Waals surface area contributed by atoms with Crippen molar-refractivity contribution in [3.8, 4) is 0 Å². The molecule has 0 N–H and O–H groups in total. The predicted molar refractivity (Wildman–Crippen MR) is 120 cm³/mol. The van der Waals surface area contributed by atoms with Crippen LogP contribution in [0.3, 0.4) is 0 Å². The lowest BCUT2D eigenvalue weighted by Crippen LogP contribution is -2.49. The molecular weight excluding hydrogens is 388 g/mol.